The molecule has 1 aliphatic rings. The van der Waals surface area contributed by atoms with E-state index < -0.39 is 0 Å². The number of imide groups is 1. The Morgan fingerprint density at radius 1 is 1.00 bits per heavy atom. The molecule has 134 valence electrons. The SMILES string of the molecule is O=C(CCc1ccccc1Br)Nc1ccc(N2C(=O)CCCC2=O)cc1. The Balaban J connectivity index is 1.58. The fraction of sp³-hybridized carbons (Fsp3) is 0.250. The predicted molar refractivity (Wildman–Crippen MR) is 104 cm³/mol. The highest BCUT2D eigenvalue weighted by molar-refractivity contribution is 9.10. The molecule has 3 rings (SSSR count). The number of halogens is 1. The van der Waals surface area contributed by atoms with Crippen LogP contribution in [0.3, 0.4) is 0 Å². The first-order chi connectivity index (χ1) is 12.5. The monoisotopic (exact) mass is 414 g/mol. The zero-order valence-corrected chi connectivity index (χ0v) is 15.8. The van der Waals surface area contributed by atoms with E-state index >= 15 is 0 Å². The Morgan fingerprint density at radius 2 is 1.65 bits per heavy atom. The largest absolute Gasteiger partial charge is 0.326 e. The standard InChI is InChI=1S/C20H19BrN2O3/c21-17-5-2-1-4-14(17)8-13-18(24)22-15-9-11-16(12-10-15)23-19(25)6-3-7-20(23)26/h1-2,4-5,9-12H,3,6-8,13H2,(H,22,24). The maximum atomic E-state index is 12.1. The van der Waals surface area contributed by atoms with Crippen LogP contribution in [0.25, 0.3) is 0 Å². The zero-order chi connectivity index (χ0) is 18.5. The van der Waals surface area contributed by atoms with Gasteiger partial charge in [-0.25, -0.2) is 0 Å². The van der Waals surface area contributed by atoms with Crippen molar-refractivity contribution >= 4 is 45.0 Å². The molecule has 0 unspecified atom stereocenters. The van der Waals surface area contributed by atoms with E-state index in [0.717, 1.165) is 10.0 Å². The second kappa shape index (κ2) is 8.27. The molecule has 6 heteroatoms. The number of amides is 3. The average Bonchev–Trinajstić information content (AvgIpc) is 2.62. The molecule has 0 spiro atoms. The third kappa shape index (κ3) is 4.38. The van der Waals surface area contributed by atoms with E-state index in [0.29, 0.717) is 43.5 Å². The van der Waals surface area contributed by atoms with Crippen molar-refractivity contribution < 1.29 is 14.4 Å². The van der Waals surface area contributed by atoms with Crippen LogP contribution in [-0.4, -0.2) is 17.7 Å². The molecule has 0 saturated carbocycles. The van der Waals surface area contributed by atoms with Gasteiger partial charge in [-0.15, -0.1) is 0 Å². The highest BCUT2D eigenvalue weighted by Crippen LogP contribution is 2.24. The smallest absolute Gasteiger partial charge is 0.233 e. The predicted octanol–water partition coefficient (Wildman–Crippen LogP) is 4.06. The molecule has 0 atom stereocenters. The molecule has 26 heavy (non-hydrogen) atoms. The van der Waals surface area contributed by atoms with Gasteiger partial charge >= 0.3 is 0 Å². The summed E-state index contributed by atoms with van der Waals surface area (Å²) in [5.74, 6) is -0.434. The highest BCUT2D eigenvalue weighted by atomic mass is 79.9. The summed E-state index contributed by atoms with van der Waals surface area (Å²) in [5, 5.41) is 2.84. The number of carbonyl (C=O) groups excluding carboxylic acids is 3. The van der Waals surface area contributed by atoms with Crippen molar-refractivity contribution in [3.8, 4) is 0 Å². The molecule has 1 fully saturated rings. The Bertz CT molecular complexity index is 817. The molecule has 0 aromatic heterocycles. The number of hydrogen-bond donors (Lipinski definition) is 1. The van der Waals surface area contributed by atoms with E-state index in [1.165, 1.54) is 4.90 Å². The summed E-state index contributed by atoms with van der Waals surface area (Å²) >= 11 is 3.48. The minimum absolute atomic E-state index is 0.0846. The fourth-order valence-electron chi connectivity index (χ4n) is 2.91. The van der Waals surface area contributed by atoms with E-state index in [4.69, 9.17) is 0 Å². The normalized spacial score (nSPS) is 14.4. The Kier molecular flexibility index (Phi) is 5.83. The van der Waals surface area contributed by atoms with Crippen LogP contribution in [0, 0.1) is 0 Å². The maximum Gasteiger partial charge on any atom is 0.233 e. The molecule has 2 aromatic rings. The Labute approximate surface area is 160 Å². The second-order valence-electron chi connectivity index (χ2n) is 6.16. The van der Waals surface area contributed by atoms with Crippen LogP contribution in [0.4, 0.5) is 11.4 Å². The van der Waals surface area contributed by atoms with Crippen molar-refractivity contribution in [3.63, 3.8) is 0 Å². The first kappa shape index (κ1) is 18.3. The highest BCUT2D eigenvalue weighted by Gasteiger charge is 2.27. The lowest BCUT2D eigenvalue weighted by Gasteiger charge is -2.24. The number of benzene rings is 2. The average molecular weight is 415 g/mol. The lowest BCUT2D eigenvalue weighted by Crippen LogP contribution is -2.40. The van der Waals surface area contributed by atoms with Crippen molar-refractivity contribution in [2.75, 3.05) is 10.2 Å². The van der Waals surface area contributed by atoms with Crippen LogP contribution in [0.1, 0.15) is 31.2 Å². The summed E-state index contributed by atoms with van der Waals surface area (Å²) in [5.41, 5.74) is 2.27. The summed E-state index contributed by atoms with van der Waals surface area (Å²) in [6.07, 6.45) is 2.40. The zero-order valence-electron chi connectivity index (χ0n) is 14.2. The number of piperidine rings is 1. The van der Waals surface area contributed by atoms with E-state index in [1.807, 2.05) is 24.3 Å². The van der Waals surface area contributed by atoms with Crippen LogP contribution in [-0.2, 0) is 20.8 Å². The number of aryl methyl sites for hydroxylation is 1. The molecule has 1 saturated heterocycles. The van der Waals surface area contributed by atoms with Crippen LogP contribution >= 0.6 is 15.9 Å². The minimum Gasteiger partial charge on any atom is -0.326 e. The van der Waals surface area contributed by atoms with Crippen LogP contribution in [0.2, 0.25) is 0 Å². The molecule has 0 aliphatic carbocycles. The lowest BCUT2D eigenvalue weighted by atomic mass is 10.1. The quantitative estimate of drug-likeness (QED) is 0.749. The number of carbonyl (C=O) groups is 3. The molecule has 1 N–H and O–H groups in total. The van der Waals surface area contributed by atoms with Crippen molar-refractivity contribution in [2.24, 2.45) is 0 Å². The topological polar surface area (TPSA) is 66.5 Å². The van der Waals surface area contributed by atoms with Gasteiger partial charge in [-0.05, 0) is 48.7 Å². The first-order valence-electron chi connectivity index (χ1n) is 8.54. The molecule has 1 aliphatic heterocycles. The summed E-state index contributed by atoms with van der Waals surface area (Å²) in [4.78, 5) is 37.3. The third-order valence-electron chi connectivity index (χ3n) is 4.27. The molecular formula is C20H19BrN2O3. The van der Waals surface area contributed by atoms with Crippen molar-refractivity contribution in [2.45, 2.75) is 32.1 Å². The molecule has 5 nitrogen and oxygen atoms in total. The first-order valence-corrected chi connectivity index (χ1v) is 9.33. The number of hydrogen-bond acceptors (Lipinski definition) is 3. The Morgan fingerprint density at radius 3 is 2.31 bits per heavy atom. The molecular weight excluding hydrogens is 396 g/mol. The summed E-state index contributed by atoms with van der Waals surface area (Å²) in [6.45, 7) is 0. The third-order valence-corrected chi connectivity index (χ3v) is 5.04. The second-order valence-corrected chi connectivity index (χ2v) is 7.02. The van der Waals surface area contributed by atoms with Crippen LogP contribution in [0.5, 0.6) is 0 Å². The van der Waals surface area contributed by atoms with Gasteiger partial charge in [0.25, 0.3) is 0 Å². The number of nitrogens with one attached hydrogen (secondary N) is 1. The minimum atomic E-state index is -0.175. The summed E-state index contributed by atoms with van der Waals surface area (Å²) in [6, 6.07) is 14.6. The Hall–Kier alpha value is -2.47. The molecule has 1 heterocycles. The maximum absolute atomic E-state index is 12.1. The molecule has 3 amide bonds. The van der Waals surface area contributed by atoms with Gasteiger partial charge in [0, 0.05) is 29.4 Å². The van der Waals surface area contributed by atoms with Gasteiger partial charge in [-0.1, -0.05) is 34.1 Å². The van der Waals surface area contributed by atoms with E-state index in [9.17, 15) is 14.4 Å². The van der Waals surface area contributed by atoms with Crippen molar-refractivity contribution in [1.29, 1.82) is 0 Å². The van der Waals surface area contributed by atoms with E-state index in [2.05, 4.69) is 21.2 Å². The van der Waals surface area contributed by atoms with Crippen molar-refractivity contribution in [1.82, 2.24) is 0 Å². The van der Waals surface area contributed by atoms with Gasteiger partial charge < -0.3 is 5.32 Å². The van der Waals surface area contributed by atoms with Crippen LogP contribution < -0.4 is 10.2 Å². The van der Waals surface area contributed by atoms with E-state index in [1.54, 1.807) is 24.3 Å². The van der Waals surface area contributed by atoms with Gasteiger partial charge in [0.2, 0.25) is 17.7 Å². The molecule has 0 radical (unpaired) electrons. The molecule has 2 aromatic carbocycles. The lowest BCUT2D eigenvalue weighted by molar-refractivity contribution is -0.129. The fourth-order valence-corrected chi connectivity index (χ4v) is 3.39. The number of nitrogens with zero attached hydrogens (tertiary/aromatic N) is 1. The van der Waals surface area contributed by atoms with Crippen LogP contribution in [0.15, 0.2) is 53.0 Å². The van der Waals surface area contributed by atoms with Gasteiger partial charge in [-0.3, -0.25) is 19.3 Å². The number of anilines is 2. The summed E-state index contributed by atoms with van der Waals surface area (Å²) < 4.78 is 0.994. The van der Waals surface area contributed by atoms with Gasteiger partial charge in [0.1, 0.15) is 0 Å². The molecule has 0 bridgehead atoms. The van der Waals surface area contributed by atoms with Gasteiger partial charge in [-0.2, -0.15) is 0 Å². The van der Waals surface area contributed by atoms with Gasteiger partial charge in [0.15, 0.2) is 0 Å². The number of rotatable bonds is 5. The van der Waals surface area contributed by atoms with Gasteiger partial charge in [0.05, 0.1) is 5.69 Å². The summed E-state index contributed by atoms with van der Waals surface area (Å²) in [7, 11) is 0. The van der Waals surface area contributed by atoms with E-state index in [-0.39, 0.29) is 17.7 Å². The van der Waals surface area contributed by atoms with Crippen molar-refractivity contribution in [3.05, 3.63) is 58.6 Å².